The number of carboxylic acids is 1. The molecule has 2 aromatic carbocycles. The van der Waals surface area contributed by atoms with E-state index in [-0.39, 0.29) is 31.5 Å². The van der Waals surface area contributed by atoms with Crippen LogP contribution in [0.15, 0.2) is 48.5 Å². The number of rotatable bonds is 6. The highest BCUT2D eigenvalue weighted by atomic mass is 16.5. The molecule has 2 amide bonds. The van der Waals surface area contributed by atoms with Crippen LogP contribution in [-0.4, -0.2) is 53.7 Å². The minimum absolute atomic E-state index is 0.0553. The summed E-state index contributed by atoms with van der Waals surface area (Å²) in [6.45, 7) is 3.87. The summed E-state index contributed by atoms with van der Waals surface area (Å²) >= 11 is 0. The third kappa shape index (κ3) is 3.65. The monoisotopic (exact) mass is 422 g/mol. The van der Waals surface area contributed by atoms with Crippen LogP contribution in [-0.2, 0) is 14.3 Å². The summed E-state index contributed by atoms with van der Waals surface area (Å²) < 4.78 is 5.48. The number of nitrogens with one attached hydrogen (secondary N) is 1. The minimum atomic E-state index is -0.892. The first-order chi connectivity index (χ1) is 14.9. The zero-order valence-corrected chi connectivity index (χ0v) is 17.6. The molecule has 2 aliphatic rings. The fourth-order valence-corrected chi connectivity index (χ4v) is 4.50. The third-order valence-electron chi connectivity index (χ3n) is 6.48. The van der Waals surface area contributed by atoms with Crippen molar-refractivity contribution in [2.24, 2.45) is 5.41 Å². The lowest BCUT2D eigenvalue weighted by Crippen LogP contribution is -2.64. The molecule has 0 unspecified atom stereocenters. The van der Waals surface area contributed by atoms with Gasteiger partial charge in [-0.2, -0.15) is 0 Å². The van der Waals surface area contributed by atoms with E-state index in [0.29, 0.717) is 6.42 Å². The van der Waals surface area contributed by atoms with Crippen molar-refractivity contribution in [2.75, 3.05) is 19.7 Å². The van der Waals surface area contributed by atoms with Crippen LogP contribution >= 0.6 is 0 Å². The van der Waals surface area contributed by atoms with Gasteiger partial charge in [0.2, 0.25) is 5.91 Å². The molecule has 1 atom stereocenters. The van der Waals surface area contributed by atoms with Crippen molar-refractivity contribution in [3.05, 3.63) is 59.7 Å². The molecule has 2 aromatic rings. The molecule has 0 spiro atoms. The number of benzene rings is 2. The Kier molecular flexibility index (Phi) is 5.43. The fourth-order valence-electron chi connectivity index (χ4n) is 4.50. The van der Waals surface area contributed by atoms with E-state index in [2.05, 4.69) is 17.4 Å². The number of amides is 2. The highest BCUT2D eigenvalue weighted by Gasteiger charge is 2.50. The maximum Gasteiger partial charge on any atom is 0.407 e. The van der Waals surface area contributed by atoms with Crippen LogP contribution in [0.1, 0.15) is 37.3 Å². The summed E-state index contributed by atoms with van der Waals surface area (Å²) in [5, 5.41) is 11.9. The van der Waals surface area contributed by atoms with Gasteiger partial charge in [-0.1, -0.05) is 55.5 Å². The highest BCUT2D eigenvalue weighted by Crippen LogP contribution is 2.44. The van der Waals surface area contributed by atoms with E-state index in [0.717, 1.165) is 22.3 Å². The first-order valence-electron chi connectivity index (χ1n) is 10.5. The largest absolute Gasteiger partial charge is 0.481 e. The molecule has 1 aliphatic heterocycles. The summed E-state index contributed by atoms with van der Waals surface area (Å²) in [6.07, 6.45) is -0.205. The second-order valence-electron chi connectivity index (χ2n) is 8.32. The molecule has 4 rings (SSSR count). The van der Waals surface area contributed by atoms with E-state index >= 15 is 0 Å². The molecule has 1 aliphatic carbocycles. The van der Waals surface area contributed by atoms with Crippen molar-refractivity contribution >= 4 is 18.0 Å². The molecule has 0 bridgehead atoms. The van der Waals surface area contributed by atoms with Gasteiger partial charge in [0, 0.05) is 19.0 Å². The second kappa shape index (κ2) is 8.06. The number of carbonyl (C=O) groups is 3. The zero-order valence-electron chi connectivity index (χ0n) is 17.6. The van der Waals surface area contributed by atoms with Crippen molar-refractivity contribution in [1.29, 1.82) is 0 Å². The molecule has 7 nitrogen and oxygen atoms in total. The van der Waals surface area contributed by atoms with Crippen molar-refractivity contribution in [3.8, 4) is 11.1 Å². The van der Waals surface area contributed by atoms with Crippen LogP contribution in [0.25, 0.3) is 11.1 Å². The van der Waals surface area contributed by atoms with Crippen molar-refractivity contribution in [1.82, 2.24) is 10.2 Å². The molecule has 0 saturated carbocycles. The molecule has 1 fully saturated rings. The molecule has 0 aromatic heterocycles. The lowest BCUT2D eigenvalue weighted by Gasteiger charge is -2.47. The number of alkyl carbamates (subject to hydrolysis) is 1. The van der Waals surface area contributed by atoms with Crippen molar-refractivity contribution < 1.29 is 24.2 Å². The molecule has 0 radical (unpaired) electrons. The first kappa shape index (κ1) is 20.9. The minimum Gasteiger partial charge on any atom is -0.481 e. The number of carboxylic acid groups (broad SMARTS) is 1. The lowest BCUT2D eigenvalue weighted by molar-refractivity contribution is -0.167. The van der Waals surface area contributed by atoms with Crippen molar-refractivity contribution in [3.63, 3.8) is 0 Å². The molecular formula is C24H26N2O5. The van der Waals surface area contributed by atoms with Gasteiger partial charge in [-0.3, -0.25) is 9.59 Å². The van der Waals surface area contributed by atoms with Gasteiger partial charge in [0.25, 0.3) is 0 Å². The van der Waals surface area contributed by atoms with Gasteiger partial charge < -0.3 is 20.1 Å². The van der Waals surface area contributed by atoms with E-state index in [4.69, 9.17) is 4.74 Å². The summed E-state index contributed by atoms with van der Waals surface area (Å²) in [4.78, 5) is 37.8. The Morgan fingerprint density at radius 1 is 1.10 bits per heavy atom. The number of hydrogen-bond acceptors (Lipinski definition) is 4. The SMILES string of the molecule is CCC1(C(=O)O)CN(C(=O)[C@@H](C)NC(=O)OCC2c3ccccc3-c3ccccc32)C1. The number of fused-ring (bicyclic) bond motifs is 3. The molecule has 1 saturated heterocycles. The predicted octanol–water partition coefficient (Wildman–Crippen LogP) is 3.24. The van der Waals surface area contributed by atoms with Gasteiger partial charge in [0.15, 0.2) is 0 Å². The van der Waals surface area contributed by atoms with E-state index in [1.807, 2.05) is 36.4 Å². The van der Waals surface area contributed by atoms with Crippen molar-refractivity contribution in [2.45, 2.75) is 32.2 Å². The molecule has 1 heterocycles. The Balaban J connectivity index is 1.34. The molecular weight excluding hydrogens is 396 g/mol. The van der Waals surface area contributed by atoms with Crippen LogP contribution < -0.4 is 5.32 Å². The smallest absolute Gasteiger partial charge is 0.407 e. The van der Waals surface area contributed by atoms with Gasteiger partial charge in [-0.15, -0.1) is 0 Å². The first-order valence-corrected chi connectivity index (χ1v) is 10.5. The lowest BCUT2D eigenvalue weighted by atomic mass is 9.77. The standard InChI is InChI=1S/C24H26N2O5/c1-3-24(22(28)29)13-26(14-24)21(27)15(2)25-23(30)31-12-20-18-10-6-4-8-16(18)17-9-5-7-11-19(17)20/h4-11,15,20H,3,12-14H2,1-2H3,(H,25,30)(H,28,29)/t15-/m1/s1. The zero-order chi connectivity index (χ0) is 22.2. The summed E-state index contributed by atoms with van der Waals surface area (Å²) in [7, 11) is 0. The Labute approximate surface area is 181 Å². The average Bonchev–Trinajstić information content (AvgIpc) is 3.05. The van der Waals surface area contributed by atoms with Crippen LogP contribution in [0.4, 0.5) is 4.79 Å². The van der Waals surface area contributed by atoms with E-state index in [9.17, 15) is 19.5 Å². The maximum absolute atomic E-state index is 12.5. The number of ether oxygens (including phenoxy) is 1. The van der Waals surface area contributed by atoms with Crippen LogP contribution in [0, 0.1) is 5.41 Å². The van der Waals surface area contributed by atoms with Gasteiger partial charge in [0.05, 0.1) is 0 Å². The average molecular weight is 422 g/mol. The Morgan fingerprint density at radius 3 is 2.16 bits per heavy atom. The fraction of sp³-hybridized carbons (Fsp3) is 0.375. The van der Waals surface area contributed by atoms with E-state index < -0.39 is 23.5 Å². The number of nitrogens with zero attached hydrogens (tertiary/aromatic N) is 1. The number of carbonyl (C=O) groups excluding carboxylic acids is 2. The molecule has 31 heavy (non-hydrogen) atoms. The molecule has 2 N–H and O–H groups in total. The van der Waals surface area contributed by atoms with Gasteiger partial charge in [-0.25, -0.2) is 4.79 Å². The van der Waals surface area contributed by atoms with Crippen LogP contribution in [0.5, 0.6) is 0 Å². The summed E-state index contributed by atoms with van der Waals surface area (Å²) in [5.41, 5.74) is 3.65. The van der Waals surface area contributed by atoms with E-state index in [1.54, 1.807) is 13.8 Å². The highest BCUT2D eigenvalue weighted by molar-refractivity contribution is 5.88. The topological polar surface area (TPSA) is 95.9 Å². The predicted molar refractivity (Wildman–Crippen MR) is 115 cm³/mol. The normalized spacial score (nSPS) is 17.2. The van der Waals surface area contributed by atoms with Gasteiger partial charge in [-0.05, 0) is 35.6 Å². The van der Waals surface area contributed by atoms with Gasteiger partial charge >= 0.3 is 12.1 Å². The van der Waals surface area contributed by atoms with Gasteiger partial charge in [0.1, 0.15) is 18.1 Å². The van der Waals surface area contributed by atoms with Crippen LogP contribution in [0.3, 0.4) is 0 Å². The summed E-state index contributed by atoms with van der Waals surface area (Å²) in [6, 6.07) is 15.3. The number of hydrogen-bond donors (Lipinski definition) is 2. The second-order valence-corrected chi connectivity index (χ2v) is 8.32. The maximum atomic E-state index is 12.5. The number of likely N-dealkylation sites (tertiary alicyclic amines) is 1. The molecule has 7 heteroatoms. The molecule has 162 valence electrons. The Hall–Kier alpha value is -3.35. The Bertz CT molecular complexity index is 983. The Morgan fingerprint density at radius 2 is 1.65 bits per heavy atom. The number of aliphatic carboxylic acids is 1. The van der Waals surface area contributed by atoms with E-state index in [1.165, 1.54) is 4.90 Å². The summed E-state index contributed by atoms with van der Waals surface area (Å²) in [5.74, 6) is -1.25. The quantitative estimate of drug-likeness (QED) is 0.745. The van der Waals surface area contributed by atoms with Crippen LogP contribution in [0.2, 0.25) is 0 Å². The third-order valence-corrected chi connectivity index (χ3v) is 6.48.